The monoisotopic (exact) mass is 1230 g/mol. The quantitative estimate of drug-likeness (QED) is 0.0232. The highest BCUT2D eigenvalue weighted by Crippen LogP contribution is 2.31. The fourth-order valence-corrected chi connectivity index (χ4v) is 9.93. The number of nitrogens with zero attached hydrogens (tertiary/aromatic N) is 8. The molecule has 3 aromatic heterocycles. The lowest BCUT2D eigenvalue weighted by Crippen LogP contribution is -2.38. The zero-order valence-corrected chi connectivity index (χ0v) is 49.2. The fraction of sp³-hybridized carbons (Fsp3) is 0.400. The Bertz CT molecular complexity index is 3390. The van der Waals surface area contributed by atoms with Crippen LogP contribution in [0.25, 0.3) is 11.0 Å². The lowest BCUT2D eigenvalue weighted by atomic mass is 9.97. The number of fused-ring (bicyclic) bond motifs is 1. The van der Waals surface area contributed by atoms with Gasteiger partial charge in [-0.3, -0.25) is 24.3 Å². The Balaban J connectivity index is 0.707. The Morgan fingerprint density at radius 2 is 1.58 bits per heavy atom. The van der Waals surface area contributed by atoms with Crippen LogP contribution in [-0.2, 0) is 45.0 Å². The Labute approximate surface area is 488 Å². The maximum absolute atomic E-state index is 14.3. The Kier molecular flexibility index (Phi) is 22.9. The molecule has 444 valence electrons. The molecule has 28 heteroatoms. The summed E-state index contributed by atoms with van der Waals surface area (Å²) >= 11 is 3.33. The fourth-order valence-electron chi connectivity index (χ4n) is 8.62. The molecule has 0 unspecified atom stereocenters. The molecule has 0 spiro atoms. The average molecular weight is 1230 g/mol. The number of hydrogen-bond donors (Lipinski definition) is 7. The van der Waals surface area contributed by atoms with Crippen LogP contribution >= 0.6 is 15.9 Å². The number of H-pyrrole nitrogens is 1. The van der Waals surface area contributed by atoms with Crippen LogP contribution in [0, 0.1) is 19.7 Å². The summed E-state index contributed by atoms with van der Waals surface area (Å²) < 4.78 is 65.3. The van der Waals surface area contributed by atoms with Crippen LogP contribution in [0.3, 0.4) is 0 Å². The summed E-state index contributed by atoms with van der Waals surface area (Å²) in [7, 11) is 1.53. The highest BCUT2D eigenvalue weighted by molar-refractivity contribution is 9.10. The van der Waals surface area contributed by atoms with Gasteiger partial charge < -0.3 is 61.1 Å². The number of carbonyl (C=O) groups is 4. The number of hydrogen-bond acceptors (Lipinski definition) is 19. The van der Waals surface area contributed by atoms with E-state index in [2.05, 4.69) is 66.7 Å². The predicted molar refractivity (Wildman–Crippen MR) is 314 cm³/mol. The van der Waals surface area contributed by atoms with Gasteiger partial charge in [0.05, 0.1) is 85.3 Å². The second-order valence-electron chi connectivity index (χ2n) is 19.5. The number of nitrogens with two attached hydrogens (primary N) is 2. The van der Waals surface area contributed by atoms with E-state index in [9.17, 15) is 32.0 Å². The molecule has 0 aliphatic carbocycles. The molecule has 6 aromatic rings. The van der Waals surface area contributed by atoms with Gasteiger partial charge in [-0.15, -0.1) is 0 Å². The third kappa shape index (κ3) is 17.7. The number of anilines is 6. The van der Waals surface area contributed by atoms with Crippen molar-refractivity contribution in [2.24, 2.45) is 5.73 Å². The Morgan fingerprint density at radius 3 is 2.28 bits per heavy atom. The van der Waals surface area contributed by atoms with Crippen molar-refractivity contribution in [3.05, 3.63) is 117 Å². The van der Waals surface area contributed by atoms with E-state index in [-0.39, 0.29) is 89.0 Å². The number of likely N-dealkylation sites (tertiary alicyclic amines) is 1. The molecule has 1 aliphatic heterocycles. The molecule has 1 fully saturated rings. The number of aromatic nitrogens is 6. The van der Waals surface area contributed by atoms with Gasteiger partial charge in [-0.1, -0.05) is 18.2 Å². The molecular formula is C55H69BrFN15O10S. The summed E-state index contributed by atoms with van der Waals surface area (Å²) in [5, 5.41) is 16.2. The Morgan fingerprint density at radius 1 is 0.880 bits per heavy atom. The SMILES string of the molecule is Cc1c(CC(=O)N(C)C)ccc(NC(=O)c2[nH]nc3nc([C@@H]4CCCN(C(=O)/C=C/CN(C)CCOCCOCCOCCOCCNS(=O)(=O)c5ccc(Nc6ncc(Br)c(Nc7cccc(F)c7C(N)=O)n6)cc5)C4)nc(N)c23)c1C. The topological polar surface area (TPSA) is 329 Å². The molecular weight excluding hydrogens is 1160 g/mol. The average Bonchev–Trinajstić information content (AvgIpc) is 4.12. The van der Waals surface area contributed by atoms with Crippen molar-refractivity contribution >= 4 is 95.3 Å². The van der Waals surface area contributed by atoms with Crippen LogP contribution in [-0.4, -0.2) is 184 Å². The van der Waals surface area contributed by atoms with Crippen LogP contribution in [0.15, 0.2) is 82.3 Å². The van der Waals surface area contributed by atoms with E-state index < -0.39 is 27.7 Å². The van der Waals surface area contributed by atoms with E-state index >= 15 is 0 Å². The maximum Gasteiger partial charge on any atom is 0.274 e. The van der Waals surface area contributed by atoms with Gasteiger partial charge in [0.1, 0.15) is 29.0 Å². The first-order valence-corrected chi connectivity index (χ1v) is 28.9. The zero-order chi connectivity index (χ0) is 59.6. The van der Waals surface area contributed by atoms with E-state index in [1.165, 1.54) is 30.5 Å². The molecule has 0 radical (unpaired) electrons. The summed E-state index contributed by atoms with van der Waals surface area (Å²) in [6.07, 6.45) is 6.62. The first kappa shape index (κ1) is 63.0. The number of ether oxygens (including phenoxy) is 4. The van der Waals surface area contributed by atoms with E-state index in [0.717, 1.165) is 35.6 Å². The van der Waals surface area contributed by atoms with E-state index in [4.69, 9.17) is 30.4 Å². The highest BCUT2D eigenvalue weighted by Gasteiger charge is 2.29. The number of piperidine rings is 1. The lowest BCUT2D eigenvalue weighted by molar-refractivity contribution is -0.128. The van der Waals surface area contributed by atoms with E-state index in [1.807, 2.05) is 37.9 Å². The second kappa shape index (κ2) is 30.1. The normalized spacial score (nSPS) is 13.7. The number of halogens is 2. The van der Waals surface area contributed by atoms with Crippen molar-refractivity contribution in [3.8, 4) is 0 Å². The van der Waals surface area contributed by atoms with Gasteiger partial charge >= 0.3 is 0 Å². The van der Waals surface area contributed by atoms with Gasteiger partial charge in [0, 0.05) is 76.4 Å². The third-order valence-electron chi connectivity index (χ3n) is 13.4. The molecule has 4 amide bonds. The number of likely N-dealkylation sites (N-methyl/N-ethyl adjacent to an activating group) is 2. The molecule has 7 rings (SSSR count). The molecule has 3 aromatic carbocycles. The lowest BCUT2D eigenvalue weighted by Gasteiger charge is -2.31. The first-order chi connectivity index (χ1) is 39.8. The van der Waals surface area contributed by atoms with Gasteiger partial charge in [0.25, 0.3) is 11.8 Å². The second-order valence-corrected chi connectivity index (χ2v) is 22.2. The largest absolute Gasteiger partial charge is 0.383 e. The minimum absolute atomic E-state index is 0.0169. The number of primary amides is 1. The number of carbonyl (C=O) groups excluding carboxylic acids is 4. The number of amides is 4. The van der Waals surface area contributed by atoms with Crippen LogP contribution in [0.4, 0.5) is 39.0 Å². The van der Waals surface area contributed by atoms with Crippen molar-refractivity contribution in [2.75, 3.05) is 128 Å². The molecule has 0 saturated carbocycles. The molecule has 9 N–H and O–H groups in total. The van der Waals surface area contributed by atoms with Crippen molar-refractivity contribution in [1.82, 2.24) is 49.6 Å². The summed E-state index contributed by atoms with van der Waals surface area (Å²) in [5.41, 5.74) is 15.7. The number of sulfonamides is 1. The Hall–Kier alpha value is -7.57. The molecule has 0 bridgehead atoms. The first-order valence-electron chi connectivity index (χ1n) is 26.6. The minimum Gasteiger partial charge on any atom is -0.383 e. The number of aromatic amines is 1. The van der Waals surface area contributed by atoms with E-state index in [0.29, 0.717) is 92.9 Å². The number of rotatable bonds is 30. The number of nitrogen functional groups attached to an aromatic ring is 1. The van der Waals surface area contributed by atoms with Crippen LogP contribution in [0.2, 0.25) is 0 Å². The van der Waals surface area contributed by atoms with Crippen molar-refractivity contribution in [2.45, 2.75) is 43.9 Å². The maximum atomic E-state index is 14.3. The number of benzene rings is 3. The van der Waals surface area contributed by atoms with Gasteiger partial charge in [0.15, 0.2) is 5.65 Å². The van der Waals surface area contributed by atoms with Crippen molar-refractivity contribution < 1.29 is 50.9 Å². The summed E-state index contributed by atoms with van der Waals surface area (Å²) in [6, 6.07) is 13.6. The molecule has 25 nitrogen and oxygen atoms in total. The highest BCUT2D eigenvalue weighted by atomic mass is 79.9. The van der Waals surface area contributed by atoms with Gasteiger partial charge in [0.2, 0.25) is 27.8 Å². The van der Waals surface area contributed by atoms with Crippen LogP contribution < -0.4 is 32.1 Å². The molecule has 1 atom stereocenters. The smallest absolute Gasteiger partial charge is 0.274 e. The zero-order valence-electron chi connectivity index (χ0n) is 46.8. The molecule has 1 aliphatic rings. The molecule has 1 saturated heterocycles. The minimum atomic E-state index is -3.83. The predicted octanol–water partition coefficient (Wildman–Crippen LogP) is 4.95. The number of nitrogens with one attached hydrogen (secondary N) is 5. The van der Waals surface area contributed by atoms with Gasteiger partial charge in [-0.2, -0.15) is 10.1 Å². The summed E-state index contributed by atoms with van der Waals surface area (Å²) in [4.78, 5) is 74.1. The third-order valence-corrected chi connectivity index (χ3v) is 15.5. The summed E-state index contributed by atoms with van der Waals surface area (Å²) in [5.74, 6) is -1.57. The standard InChI is InChI=1S/C55H69BrFN15O10S/c1-34-35(2)42(18-13-36(34)31-45(74)70(3)4)64-54(76)48-47-49(58)65-51(66-53(47)69-68-48)37-9-7-21-72(33-37)44(73)12-8-20-71(5)22-24-80-26-28-82-30-29-81-27-25-79-23-19-61-83(77,78)39-16-14-38(15-17-39)62-55-60-32-40(56)52(67-55)63-43-11-6-10-41(57)46(43)50(59)75/h6,8,10-18,32,37,61H,7,9,19-31,33H2,1-5H3,(H2,59,75)(H,64,76)(H2,60,62,63,67)(H3,58,65,66,68,69)/b12-8+/t37-/m1/s1. The summed E-state index contributed by atoms with van der Waals surface area (Å²) in [6.45, 7) is 8.68. The molecule has 83 heavy (non-hydrogen) atoms. The van der Waals surface area contributed by atoms with Crippen LogP contribution in [0.5, 0.6) is 0 Å². The molecule has 4 heterocycles. The van der Waals surface area contributed by atoms with E-state index in [1.54, 1.807) is 48.2 Å². The van der Waals surface area contributed by atoms with Gasteiger partial charge in [-0.05, 0) is 109 Å². The van der Waals surface area contributed by atoms with Crippen LogP contribution in [0.1, 0.15) is 62.1 Å². The van der Waals surface area contributed by atoms with Gasteiger partial charge in [-0.25, -0.2) is 32.5 Å². The van der Waals surface area contributed by atoms with Crippen molar-refractivity contribution in [1.29, 1.82) is 0 Å². The van der Waals surface area contributed by atoms with Crippen molar-refractivity contribution in [3.63, 3.8) is 0 Å².